The molecule has 0 saturated heterocycles. The van der Waals surface area contributed by atoms with Crippen molar-refractivity contribution in [1.29, 1.82) is 0 Å². The maximum Gasteiger partial charge on any atom is 0.387 e. The summed E-state index contributed by atoms with van der Waals surface area (Å²) in [5, 5.41) is 13.8. The van der Waals surface area contributed by atoms with E-state index >= 15 is 0 Å². The highest BCUT2D eigenvalue weighted by Crippen LogP contribution is 2.28. The van der Waals surface area contributed by atoms with Gasteiger partial charge in [0, 0.05) is 30.1 Å². The van der Waals surface area contributed by atoms with Crippen LogP contribution in [0.2, 0.25) is 0 Å². The number of benzene rings is 2. The van der Waals surface area contributed by atoms with Crippen LogP contribution in [0, 0.1) is 17.0 Å². The zero-order valence-electron chi connectivity index (χ0n) is 13.9. The van der Waals surface area contributed by atoms with Gasteiger partial charge in [-0.2, -0.15) is 8.78 Å². The molecule has 26 heavy (non-hydrogen) atoms. The Labute approximate surface area is 148 Å². The lowest BCUT2D eigenvalue weighted by molar-refractivity contribution is -0.387. The molecule has 0 aliphatic heterocycles. The number of nitro groups is 1. The molecule has 2 rings (SSSR count). The minimum Gasteiger partial charge on any atom is -0.434 e. The first-order valence-electron chi connectivity index (χ1n) is 7.34. The molecule has 10 heteroatoms. The van der Waals surface area contributed by atoms with Crippen LogP contribution in [0.4, 0.5) is 20.2 Å². The van der Waals surface area contributed by atoms with Gasteiger partial charge in [-0.15, -0.1) is 0 Å². The van der Waals surface area contributed by atoms with E-state index in [9.17, 15) is 27.3 Å². The van der Waals surface area contributed by atoms with Crippen molar-refractivity contribution in [3.8, 4) is 5.75 Å². The molecule has 0 aromatic heterocycles. The third-order valence-corrected chi connectivity index (χ3v) is 4.60. The topological polar surface area (TPSA) is 98.5 Å². The molecule has 0 atom stereocenters. The van der Waals surface area contributed by atoms with Crippen LogP contribution in [0.3, 0.4) is 0 Å². The number of nitro benzene ring substituents is 1. The Hall–Kier alpha value is -2.75. The van der Waals surface area contributed by atoms with Crippen LogP contribution in [0.1, 0.15) is 11.1 Å². The Morgan fingerprint density at radius 3 is 2.50 bits per heavy atom. The Bertz CT molecular complexity index is 932. The number of ether oxygens (including phenoxy) is 1. The van der Waals surface area contributed by atoms with Gasteiger partial charge in [0.1, 0.15) is 10.6 Å². The fraction of sp³-hybridized carbons (Fsp3) is 0.250. The van der Waals surface area contributed by atoms with Gasteiger partial charge in [0.15, 0.2) is 9.84 Å². The average Bonchev–Trinajstić information content (AvgIpc) is 2.53. The first-order valence-corrected chi connectivity index (χ1v) is 9.24. The summed E-state index contributed by atoms with van der Waals surface area (Å²) < 4.78 is 53.0. The van der Waals surface area contributed by atoms with E-state index in [1.165, 1.54) is 12.1 Å². The van der Waals surface area contributed by atoms with Crippen molar-refractivity contribution in [3.05, 3.63) is 57.6 Å². The molecule has 0 bridgehead atoms. The van der Waals surface area contributed by atoms with Gasteiger partial charge in [0.05, 0.1) is 4.92 Å². The second-order valence-electron chi connectivity index (χ2n) is 5.56. The molecule has 0 saturated carbocycles. The summed E-state index contributed by atoms with van der Waals surface area (Å²) in [5.41, 5.74) is 1.02. The smallest absolute Gasteiger partial charge is 0.387 e. The lowest BCUT2D eigenvalue weighted by Crippen LogP contribution is -2.08. The van der Waals surface area contributed by atoms with E-state index in [1.54, 1.807) is 19.1 Å². The summed E-state index contributed by atoms with van der Waals surface area (Å²) in [6.07, 6.45) is 0.869. The predicted molar refractivity (Wildman–Crippen MR) is 91.3 cm³/mol. The third kappa shape index (κ3) is 4.88. The zero-order chi connectivity index (χ0) is 19.5. The highest BCUT2D eigenvalue weighted by Gasteiger charge is 2.22. The van der Waals surface area contributed by atoms with Gasteiger partial charge in [-0.1, -0.05) is 17.7 Å². The van der Waals surface area contributed by atoms with Crippen molar-refractivity contribution in [2.24, 2.45) is 0 Å². The van der Waals surface area contributed by atoms with Crippen LogP contribution < -0.4 is 10.1 Å². The quantitative estimate of drug-likeness (QED) is 0.577. The van der Waals surface area contributed by atoms with Crippen LogP contribution in [0.25, 0.3) is 0 Å². The number of sulfone groups is 1. The third-order valence-electron chi connectivity index (χ3n) is 3.47. The van der Waals surface area contributed by atoms with Gasteiger partial charge < -0.3 is 10.1 Å². The molecule has 0 aliphatic rings. The van der Waals surface area contributed by atoms with E-state index in [2.05, 4.69) is 10.1 Å². The molecule has 0 heterocycles. The molecule has 0 radical (unpaired) electrons. The SMILES string of the molecule is Cc1ccc(OC(F)F)c(CNc2ccc([N+](=O)[O-])c(S(C)(=O)=O)c2)c1. The standard InChI is InChI=1S/C16H16F2N2O5S/c1-10-3-6-14(25-16(17)18)11(7-10)9-19-12-4-5-13(20(21)22)15(8-12)26(2,23)24/h3-8,16,19H,9H2,1-2H3. The van der Waals surface area contributed by atoms with E-state index in [-0.39, 0.29) is 12.3 Å². The van der Waals surface area contributed by atoms with Crippen LogP contribution in [0.15, 0.2) is 41.3 Å². The number of anilines is 1. The number of aryl methyl sites for hydroxylation is 1. The first-order chi connectivity index (χ1) is 12.1. The average molecular weight is 386 g/mol. The molecule has 0 fully saturated rings. The van der Waals surface area contributed by atoms with Crippen LogP contribution in [-0.4, -0.2) is 26.2 Å². The van der Waals surface area contributed by atoms with Gasteiger partial charge in [0.2, 0.25) is 0 Å². The van der Waals surface area contributed by atoms with E-state index < -0.39 is 32.0 Å². The Morgan fingerprint density at radius 1 is 1.23 bits per heavy atom. The molecule has 0 spiro atoms. The largest absolute Gasteiger partial charge is 0.434 e. The molecule has 0 unspecified atom stereocenters. The number of nitrogens with one attached hydrogen (secondary N) is 1. The van der Waals surface area contributed by atoms with E-state index in [4.69, 9.17) is 0 Å². The fourth-order valence-corrected chi connectivity index (χ4v) is 3.19. The van der Waals surface area contributed by atoms with Gasteiger partial charge in [0.25, 0.3) is 5.69 Å². The summed E-state index contributed by atoms with van der Waals surface area (Å²) in [6.45, 7) is -1.14. The van der Waals surface area contributed by atoms with Gasteiger partial charge in [-0.3, -0.25) is 10.1 Å². The van der Waals surface area contributed by atoms with Crippen LogP contribution in [0.5, 0.6) is 5.75 Å². The predicted octanol–water partition coefficient (Wildman–Crippen LogP) is 3.52. The number of hydrogen-bond donors (Lipinski definition) is 1. The zero-order valence-corrected chi connectivity index (χ0v) is 14.7. The molecule has 0 amide bonds. The van der Waals surface area contributed by atoms with Crippen molar-refractivity contribution in [1.82, 2.24) is 0 Å². The van der Waals surface area contributed by atoms with Crippen molar-refractivity contribution in [3.63, 3.8) is 0 Å². The number of halogens is 2. The number of alkyl halides is 2. The summed E-state index contributed by atoms with van der Waals surface area (Å²) >= 11 is 0. The maximum absolute atomic E-state index is 12.5. The highest BCUT2D eigenvalue weighted by molar-refractivity contribution is 7.90. The Morgan fingerprint density at radius 2 is 1.92 bits per heavy atom. The summed E-state index contributed by atoms with van der Waals surface area (Å²) in [7, 11) is -3.82. The minimum atomic E-state index is -3.82. The molecule has 2 aromatic carbocycles. The Balaban J connectivity index is 2.31. The molecule has 7 nitrogen and oxygen atoms in total. The van der Waals surface area contributed by atoms with Crippen molar-refractivity contribution < 1.29 is 26.9 Å². The van der Waals surface area contributed by atoms with E-state index in [0.29, 0.717) is 11.3 Å². The fourth-order valence-electron chi connectivity index (χ4n) is 2.33. The monoisotopic (exact) mass is 386 g/mol. The lowest BCUT2D eigenvalue weighted by Gasteiger charge is -2.13. The molecule has 2 aromatic rings. The van der Waals surface area contributed by atoms with Crippen LogP contribution >= 0.6 is 0 Å². The molecular weight excluding hydrogens is 370 g/mol. The van der Waals surface area contributed by atoms with Gasteiger partial charge in [-0.05, 0) is 25.1 Å². The van der Waals surface area contributed by atoms with Gasteiger partial charge in [-0.25, -0.2) is 8.42 Å². The minimum absolute atomic E-state index is 0.0108. The molecule has 1 N–H and O–H groups in total. The molecule has 140 valence electrons. The maximum atomic E-state index is 12.5. The lowest BCUT2D eigenvalue weighted by atomic mass is 10.1. The van der Waals surface area contributed by atoms with Gasteiger partial charge >= 0.3 is 6.61 Å². The number of hydrogen-bond acceptors (Lipinski definition) is 6. The molecular formula is C16H16F2N2O5S. The number of rotatable bonds is 7. The van der Waals surface area contributed by atoms with E-state index in [1.807, 2.05) is 0 Å². The molecule has 0 aliphatic carbocycles. The normalized spacial score (nSPS) is 11.4. The van der Waals surface area contributed by atoms with Crippen molar-refractivity contribution in [2.45, 2.75) is 25.0 Å². The second-order valence-corrected chi connectivity index (χ2v) is 7.54. The summed E-state index contributed by atoms with van der Waals surface area (Å²) in [4.78, 5) is 9.76. The summed E-state index contributed by atoms with van der Waals surface area (Å²) in [6, 6.07) is 8.23. The van der Waals surface area contributed by atoms with Crippen molar-refractivity contribution >= 4 is 21.2 Å². The van der Waals surface area contributed by atoms with Crippen LogP contribution in [-0.2, 0) is 16.4 Å². The number of nitrogens with zero attached hydrogens (tertiary/aromatic N) is 1. The van der Waals surface area contributed by atoms with Crippen molar-refractivity contribution in [2.75, 3.05) is 11.6 Å². The van der Waals surface area contributed by atoms with E-state index in [0.717, 1.165) is 24.0 Å². The Kier molecular flexibility index (Phi) is 5.76. The second kappa shape index (κ2) is 7.65. The highest BCUT2D eigenvalue weighted by atomic mass is 32.2. The summed E-state index contributed by atoms with van der Waals surface area (Å²) in [5.74, 6) is -0.0108. The first kappa shape index (κ1) is 19.6.